The van der Waals surface area contributed by atoms with Gasteiger partial charge in [0.2, 0.25) is 0 Å². The number of phosphoric acid groups is 2. The van der Waals surface area contributed by atoms with Gasteiger partial charge in [-0.2, -0.15) is 0 Å². The number of hydrogen-bond donors (Lipinski definition) is 4. The van der Waals surface area contributed by atoms with Crippen LogP contribution in [0.25, 0.3) is 0 Å². The number of carbonyl (C=O) groups is 3. The summed E-state index contributed by atoms with van der Waals surface area (Å²) in [5.74, 6) is -1.59. The van der Waals surface area contributed by atoms with E-state index in [9.17, 15) is 43.5 Å². The van der Waals surface area contributed by atoms with Crippen LogP contribution in [0.4, 0.5) is 0 Å². The van der Waals surface area contributed by atoms with Crippen molar-refractivity contribution in [2.75, 3.05) is 39.6 Å². The maximum Gasteiger partial charge on any atom is 0.472 e. The van der Waals surface area contributed by atoms with Crippen LogP contribution < -0.4 is 0 Å². The summed E-state index contributed by atoms with van der Waals surface area (Å²) >= 11 is 0. The highest BCUT2D eigenvalue weighted by molar-refractivity contribution is 7.47. The first-order valence-corrected chi connectivity index (χ1v) is 44.8. The second-order valence-corrected chi connectivity index (χ2v) is 30.8. The molecule has 0 spiro atoms. The minimum Gasteiger partial charge on any atom is -0.463 e. The highest BCUT2D eigenvalue weighted by Gasteiger charge is 2.29. The lowest BCUT2D eigenvalue weighted by atomic mass is 10.0. The predicted octanol–water partition coefficient (Wildman–Crippen LogP) is 24.9. The summed E-state index contributed by atoms with van der Waals surface area (Å²) in [4.78, 5) is 58.7. The van der Waals surface area contributed by atoms with Gasteiger partial charge in [-0.3, -0.25) is 32.5 Å². The number of rotatable bonds is 79. The molecule has 0 heterocycles. The summed E-state index contributed by atoms with van der Waals surface area (Å²) in [5.41, 5.74) is 0. The van der Waals surface area contributed by atoms with Gasteiger partial charge < -0.3 is 34.2 Å². The van der Waals surface area contributed by atoms with Crippen LogP contribution in [0.5, 0.6) is 0 Å². The number of aliphatic hydroxyl groups excluding tert-OH is 2. The van der Waals surface area contributed by atoms with Crippen molar-refractivity contribution >= 4 is 33.6 Å². The lowest BCUT2D eigenvalue weighted by molar-refractivity contribution is -0.161. The Balaban J connectivity index is 4.50. The van der Waals surface area contributed by atoms with E-state index in [2.05, 4.69) is 142 Å². The highest BCUT2D eigenvalue weighted by Crippen LogP contribution is 2.45. The number of ether oxygens (including phenoxy) is 3. The van der Waals surface area contributed by atoms with E-state index in [4.69, 9.17) is 32.3 Å². The quantitative estimate of drug-likeness (QED) is 0.0146. The van der Waals surface area contributed by atoms with E-state index in [1.54, 1.807) is 0 Å². The van der Waals surface area contributed by atoms with Crippen LogP contribution in [-0.2, 0) is 55.8 Å². The fourth-order valence-corrected chi connectivity index (χ4v) is 12.9. The van der Waals surface area contributed by atoms with E-state index >= 15 is 0 Å². The van der Waals surface area contributed by atoms with E-state index in [0.717, 1.165) is 154 Å². The summed E-state index contributed by atoms with van der Waals surface area (Å²) in [5, 5.41) is 20.7. The van der Waals surface area contributed by atoms with Gasteiger partial charge in [0.25, 0.3) is 0 Å². The Morgan fingerprint density at radius 1 is 0.276 bits per heavy atom. The molecule has 0 aliphatic carbocycles. The number of carbonyl (C=O) groups excluding carboxylic acids is 3. The molecule has 0 bridgehead atoms. The molecule has 0 aliphatic rings. The first-order chi connectivity index (χ1) is 51.2. The summed E-state index contributed by atoms with van der Waals surface area (Å²) in [7, 11) is -9.80. The molecule has 0 saturated carbocycles. The third-order valence-corrected chi connectivity index (χ3v) is 19.5. The molecule has 5 unspecified atom stereocenters. The summed E-state index contributed by atoms with van der Waals surface area (Å²) in [6.45, 7) is 2.55. The van der Waals surface area contributed by atoms with Crippen molar-refractivity contribution in [3.8, 4) is 0 Å². The lowest BCUT2D eigenvalue weighted by Gasteiger charge is -2.21. The molecule has 0 fully saturated rings. The van der Waals surface area contributed by atoms with Crippen molar-refractivity contribution in [1.29, 1.82) is 0 Å². The molecule has 105 heavy (non-hydrogen) atoms. The van der Waals surface area contributed by atoms with Crippen molar-refractivity contribution in [2.45, 2.75) is 373 Å². The minimum absolute atomic E-state index is 0.0911. The molecule has 0 aliphatic heterocycles. The zero-order valence-corrected chi connectivity index (χ0v) is 68.2. The van der Waals surface area contributed by atoms with Crippen LogP contribution in [0.1, 0.15) is 355 Å². The predicted molar refractivity (Wildman–Crippen MR) is 436 cm³/mol. The van der Waals surface area contributed by atoms with Crippen molar-refractivity contribution in [2.24, 2.45) is 0 Å². The van der Waals surface area contributed by atoms with E-state index in [-0.39, 0.29) is 19.3 Å². The largest absolute Gasteiger partial charge is 0.472 e. The molecule has 0 radical (unpaired) electrons. The molecule has 0 aromatic carbocycles. The van der Waals surface area contributed by atoms with Gasteiger partial charge in [0.05, 0.1) is 26.4 Å². The Labute approximate surface area is 640 Å². The average Bonchev–Trinajstić information content (AvgIpc) is 0.920. The maximum atomic E-state index is 13.0. The summed E-state index contributed by atoms with van der Waals surface area (Å²) < 4.78 is 61.2. The molecular weight excluding hydrogens is 1360 g/mol. The fourth-order valence-electron chi connectivity index (χ4n) is 11.3. The molecule has 16 nitrogen and oxygen atoms in total. The molecule has 0 rings (SSSR count). The SMILES string of the molecule is CC/C=C\C/C=C\C/C=C\C/C=C\C/C=C\CCCCCCCCCC(=O)OCC(COP(=O)(O)OCC(O)COP(=O)(O)OCC(O)COC(=O)CCCCCCCCCCCCCCCCC/C=C\C/C=C\C/C=C\C/C=C\CCCCC)OC(=O)CCCCCCC/C=C\CCCCCCCC. The van der Waals surface area contributed by atoms with Gasteiger partial charge in [-0.1, -0.05) is 322 Å². The Hall–Kier alpha value is -4.05. The van der Waals surface area contributed by atoms with Gasteiger partial charge >= 0.3 is 33.6 Å². The fraction of sp³-hybridized carbons (Fsp3) is 0.736. The molecule has 5 atom stereocenters. The van der Waals surface area contributed by atoms with Crippen molar-refractivity contribution in [3.63, 3.8) is 0 Å². The molecule has 4 N–H and O–H groups in total. The Morgan fingerprint density at radius 2 is 0.505 bits per heavy atom. The van der Waals surface area contributed by atoms with Crippen LogP contribution in [0.2, 0.25) is 0 Å². The second kappa shape index (κ2) is 79.5. The Bertz CT molecular complexity index is 2390. The smallest absolute Gasteiger partial charge is 0.463 e. The second-order valence-electron chi connectivity index (χ2n) is 27.9. The molecule has 0 aromatic rings. The maximum absolute atomic E-state index is 13.0. The standard InChI is InChI=1S/C87H152O16P2/c1-4-7-10-13-16-19-22-25-28-30-32-34-36-37-38-39-40-41-42-43-45-47-48-50-53-55-58-61-64-67-70-73-85(90)97-76-82(88)77-99-104(93,94)100-78-83(89)79-101-105(95,96)102-81-84(103-87(92)75-72-69-66-63-60-57-52-27-24-21-18-15-12-9-6-3)80-98-86(91)74-71-68-65-62-59-56-54-51-49-46-44-35-33-31-29-26-23-20-17-14-11-8-5-2/h8,11,16-17,19-20,25-29,32-35,37-38,46,49,52,82-84,88-89H,4-7,9-10,12-15,18,21-24,30-31,36,39-45,47-48,50-51,53-81H2,1-3H3,(H,93,94)(H,95,96)/b11-8-,19-16-,20-17-,28-25-,29-26-,34-32-,35-33-,38-37-,49-46-,52-27-. The molecular formula is C87H152O16P2. The van der Waals surface area contributed by atoms with Crippen molar-refractivity contribution < 1.29 is 75.8 Å². The number of allylic oxidation sites excluding steroid dienone is 20. The Kier molecular flexibility index (Phi) is 76.4. The van der Waals surface area contributed by atoms with E-state index in [0.29, 0.717) is 19.3 Å². The van der Waals surface area contributed by atoms with E-state index < -0.39 is 91.5 Å². The van der Waals surface area contributed by atoms with E-state index in [1.807, 2.05) is 0 Å². The van der Waals surface area contributed by atoms with Crippen LogP contribution in [0.15, 0.2) is 122 Å². The van der Waals surface area contributed by atoms with Crippen LogP contribution in [-0.4, -0.2) is 95.9 Å². The van der Waals surface area contributed by atoms with Crippen LogP contribution in [0, 0.1) is 0 Å². The zero-order valence-electron chi connectivity index (χ0n) is 66.4. The van der Waals surface area contributed by atoms with Gasteiger partial charge in [0.1, 0.15) is 25.4 Å². The average molecular weight is 1520 g/mol. The molecule has 0 saturated heterocycles. The van der Waals surface area contributed by atoms with Gasteiger partial charge in [-0.05, 0) is 135 Å². The summed E-state index contributed by atoms with van der Waals surface area (Å²) in [6, 6.07) is 0. The molecule has 0 aromatic heterocycles. The lowest BCUT2D eigenvalue weighted by Crippen LogP contribution is -2.30. The molecule has 0 amide bonds. The first kappa shape index (κ1) is 101. The summed E-state index contributed by atoms with van der Waals surface area (Å²) in [6.07, 6.45) is 95.3. The number of aliphatic hydroxyl groups is 2. The van der Waals surface area contributed by atoms with Crippen LogP contribution in [0.3, 0.4) is 0 Å². The number of phosphoric ester groups is 2. The topological polar surface area (TPSA) is 231 Å². The Morgan fingerprint density at radius 3 is 0.829 bits per heavy atom. The van der Waals surface area contributed by atoms with Gasteiger partial charge in [-0.25, -0.2) is 9.13 Å². The van der Waals surface area contributed by atoms with E-state index in [1.165, 1.54) is 141 Å². The van der Waals surface area contributed by atoms with Crippen molar-refractivity contribution in [3.05, 3.63) is 122 Å². The first-order valence-electron chi connectivity index (χ1n) is 41.8. The minimum atomic E-state index is -4.94. The highest BCUT2D eigenvalue weighted by atomic mass is 31.2. The zero-order chi connectivity index (χ0) is 76.6. The normalized spacial score (nSPS) is 14.5. The number of esters is 3. The number of unbranched alkanes of at least 4 members (excludes halogenated alkanes) is 36. The van der Waals surface area contributed by atoms with Crippen LogP contribution >= 0.6 is 15.6 Å². The van der Waals surface area contributed by atoms with Gasteiger partial charge in [0.15, 0.2) is 6.10 Å². The number of hydrogen-bond acceptors (Lipinski definition) is 14. The van der Waals surface area contributed by atoms with Crippen molar-refractivity contribution in [1.82, 2.24) is 0 Å². The monoisotopic (exact) mass is 1520 g/mol. The third kappa shape index (κ3) is 80.8. The molecule has 18 heteroatoms. The molecule has 606 valence electrons. The third-order valence-electron chi connectivity index (χ3n) is 17.6. The van der Waals surface area contributed by atoms with Gasteiger partial charge in [-0.15, -0.1) is 0 Å². The van der Waals surface area contributed by atoms with Gasteiger partial charge in [0, 0.05) is 19.3 Å².